The highest BCUT2D eigenvalue weighted by Gasteiger charge is 2.21. The zero-order valence-corrected chi connectivity index (χ0v) is 8.33. The lowest BCUT2D eigenvalue weighted by Crippen LogP contribution is -2.17. The van der Waals surface area contributed by atoms with Crippen LogP contribution in [0.3, 0.4) is 0 Å². The Morgan fingerprint density at radius 1 is 1.54 bits per heavy atom. The zero-order valence-electron chi connectivity index (χ0n) is 8.33. The highest BCUT2D eigenvalue weighted by atomic mass is 15.3. The van der Waals surface area contributed by atoms with E-state index in [4.69, 9.17) is 0 Å². The monoisotopic (exact) mass is 179 g/mol. The minimum Gasteiger partial charge on any atom is -0.368 e. The van der Waals surface area contributed by atoms with Crippen LogP contribution in [0.2, 0.25) is 0 Å². The van der Waals surface area contributed by atoms with Crippen LogP contribution in [0.5, 0.6) is 0 Å². The molecule has 1 fully saturated rings. The van der Waals surface area contributed by atoms with Gasteiger partial charge in [0.25, 0.3) is 0 Å². The van der Waals surface area contributed by atoms with Gasteiger partial charge in [0.1, 0.15) is 5.82 Å². The molecule has 13 heavy (non-hydrogen) atoms. The van der Waals surface area contributed by atoms with Crippen molar-refractivity contribution < 1.29 is 0 Å². The maximum atomic E-state index is 4.13. The van der Waals surface area contributed by atoms with E-state index in [2.05, 4.69) is 17.3 Å². The van der Waals surface area contributed by atoms with Gasteiger partial charge in [0, 0.05) is 19.2 Å². The van der Waals surface area contributed by atoms with Gasteiger partial charge >= 0.3 is 0 Å². The highest BCUT2D eigenvalue weighted by molar-refractivity contribution is 5.35. The van der Waals surface area contributed by atoms with Crippen molar-refractivity contribution in [3.05, 3.63) is 12.3 Å². The van der Waals surface area contributed by atoms with Gasteiger partial charge in [0.2, 0.25) is 0 Å². The number of rotatable bonds is 2. The maximum absolute atomic E-state index is 4.13. The van der Waals surface area contributed by atoms with Crippen molar-refractivity contribution in [2.24, 2.45) is 13.0 Å². The predicted octanol–water partition coefficient (Wildman–Crippen LogP) is 2.02. The predicted molar refractivity (Wildman–Crippen MR) is 53.6 cm³/mol. The first-order valence-corrected chi connectivity index (χ1v) is 5.00. The summed E-state index contributed by atoms with van der Waals surface area (Å²) < 4.78 is 1.89. The Labute approximate surface area is 79.1 Å². The van der Waals surface area contributed by atoms with Crippen molar-refractivity contribution in [1.29, 1.82) is 0 Å². The number of hydrogen-bond donors (Lipinski definition) is 1. The van der Waals surface area contributed by atoms with E-state index in [1.54, 1.807) is 0 Å². The van der Waals surface area contributed by atoms with Crippen LogP contribution in [-0.4, -0.2) is 15.8 Å². The largest absolute Gasteiger partial charge is 0.368 e. The molecule has 1 aliphatic rings. The number of nitrogens with zero attached hydrogens (tertiary/aromatic N) is 2. The summed E-state index contributed by atoms with van der Waals surface area (Å²) in [5.41, 5.74) is 0. The van der Waals surface area contributed by atoms with E-state index in [0.29, 0.717) is 6.04 Å². The number of aromatic nitrogens is 2. The first-order chi connectivity index (χ1) is 6.25. The molecule has 1 heterocycles. The molecule has 0 aromatic carbocycles. The van der Waals surface area contributed by atoms with Gasteiger partial charge in [0.05, 0.1) is 6.20 Å². The van der Waals surface area contributed by atoms with E-state index in [-0.39, 0.29) is 0 Å². The molecule has 2 rings (SSSR count). The van der Waals surface area contributed by atoms with Crippen molar-refractivity contribution in [2.45, 2.75) is 32.2 Å². The third kappa shape index (κ3) is 1.85. The molecular weight excluding hydrogens is 162 g/mol. The molecule has 0 spiro atoms. The first kappa shape index (κ1) is 8.60. The summed E-state index contributed by atoms with van der Waals surface area (Å²) in [5.74, 6) is 2.02. The van der Waals surface area contributed by atoms with Crippen LogP contribution >= 0.6 is 0 Å². The van der Waals surface area contributed by atoms with Crippen LogP contribution in [0.25, 0.3) is 0 Å². The maximum Gasteiger partial charge on any atom is 0.124 e. The van der Waals surface area contributed by atoms with Gasteiger partial charge in [-0.05, 0) is 25.2 Å². The molecule has 0 aliphatic heterocycles. The molecule has 0 saturated heterocycles. The average Bonchev–Trinajstić information content (AvgIpc) is 2.64. The van der Waals surface area contributed by atoms with Crippen molar-refractivity contribution in [3.63, 3.8) is 0 Å². The molecule has 0 bridgehead atoms. The van der Waals surface area contributed by atoms with Crippen molar-refractivity contribution >= 4 is 5.82 Å². The lowest BCUT2D eigenvalue weighted by Gasteiger charge is -2.13. The summed E-state index contributed by atoms with van der Waals surface area (Å²) in [6, 6.07) is 2.69. The van der Waals surface area contributed by atoms with Crippen LogP contribution in [0.15, 0.2) is 12.3 Å². The van der Waals surface area contributed by atoms with Crippen LogP contribution < -0.4 is 5.32 Å². The van der Waals surface area contributed by atoms with E-state index in [9.17, 15) is 0 Å². The number of nitrogens with one attached hydrogen (secondary N) is 1. The third-order valence-corrected chi connectivity index (χ3v) is 2.87. The van der Waals surface area contributed by atoms with E-state index >= 15 is 0 Å². The Morgan fingerprint density at radius 3 is 2.92 bits per heavy atom. The van der Waals surface area contributed by atoms with E-state index < -0.39 is 0 Å². The fourth-order valence-electron chi connectivity index (χ4n) is 2.06. The minimum atomic E-state index is 0.658. The number of aryl methyl sites for hydroxylation is 1. The van der Waals surface area contributed by atoms with E-state index in [1.165, 1.54) is 19.3 Å². The lowest BCUT2D eigenvalue weighted by molar-refractivity contribution is 0.600. The number of anilines is 1. The van der Waals surface area contributed by atoms with Crippen molar-refractivity contribution in [1.82, 2.24) is 9.78 Å². The smallest absolute Gasteiger partial charge is 0.124 e. The second-order valence-electron chi connectivity index (χ2n) is 4.10. The summed E-state index contributed by atoms with van der Waals surface area (Å²) in [7, 11) is 1.97. The Balaban J connectivity index is 1.95. The third-order valence-electron chi connectivity index (χ3n) is 2.87. The van der Waals surface area contributed by atoms with Gasteiger partial charge in [-0.25, -0.2) is 0 Å². The minimum absolute atomic E-state index is 0.658. The molecule has 2 unspecified atom stereocenters. The summed E-state index contributed by atoms with van der Waals surface area (Å²) in [5, 5.41) is 7.65. The molecule has 1 aromatic rings. The Morgan fingerprint density at radius 2 is 2.38 bits per heavy atom. The van der Waals surface area contributed by atoms with Gasteiger partial charge < -0.3 is 5.32 Å². The summed E-state index contributed by atoms with van der Waals surface area (Å²) in [6.07, 6.45) is 5.79. The Hall–Kier alpha value is -0.990. The van der Waals surface area contributed by atoms with Gasteiger partial charge in [-0.3, -0.25) is 4.68 Å². The SMILES string of the molecule is CC1CCC(Nc2ccnn2C)C1. The van der Waals surface area contributed by atoms with E-state index in [0.717, 1.165) is 11.7 Å². The van der Waals surface area contributed by atoms with Gasteiger partial charge in [0.15, 0.2) is 0 Å². The van der Waals surface area contributed by atoms with Crippen LogP contribution in [0.4, 0.5) is 5.82 Å². The van der Waals surface area contributed by atoms with Crippen molar-refractivity contribution in [3.8, 4) is 0 Å². The Kier molecular flexibility index (Phi) is 2.25. The molecule has 72 valence electrons. The van der Waals surface area contributed by atoms with Gasteiger partial charge in [-0.1, -0.05) is 6.92 Å². The first-order valence-electron chi connectivity index (χ1n) is 5.00. The topological polar surface area (TPSA) is 29.9 Å². The molecule has 3 nitrogen and oxygen atoms in total. The molecule has 1 saturated carbocycles. The second kappa shape index (κ2) is 3.40. The molecule has 3 heteroatoms. The van der Waals surface area contributed by atoms with Crippen LogP contribution in [0.1, 0.15) is 26.2 Å². The fraction of sp³-hybridized carbons (Fsp3) is 0.700. The molecule has 1 aliphatic carbocycles. The second-order valence-corrected chi connectivity index (χ2v) is 4.10. The summed E-state index contributed by atoms with van der Waals surface area (Å²) in [6.45, 7) is 2.32. The Bertz CT molecular complexity index is 279. The average molecular weight is 179 g/mol. The number of hydrogen-bond acceptors (Lipinski definition) is 2. The van der Waals surface area contributed by atoms with E-state index in [1.807, 2.05) is 24.0 Å². The van der Waals surface area contributed by atoms with Gasteiger partial charge in [-0.15, -0.1) is 0 Å². The zero-order chi connectivity index (χ0) is 9.26. The molecule has 0 radical (unpaired) electrons. The molecule has 1 N–H and O–H groups in total. The van der Waals surface area contributed by atoms with Crippen LogP contribution in [0, 0.1) is 5.92 Å². The van der Waals surface area contributed by atoms with Gasteiger partial charge in [-0.2, -0.15) is 5.10 Å². The quantitative estimate of drug-likeness (QED) is 0.752. The molecule has 1 aromatic heterocycles. The lowest BCUT2D eigenvalue weighted by atomic mass is 10.1. The molecule has 2 atom stereocenters. The normalized spacial score (nSPS) is 27.8. The summed E-state index contributed by atoms with van der Waals surface area (Å²) >= 11 is 0. The fourth-order valence-corrected chi connectivity index (χ4v) is 2.06. The van der Waals surface area contributed by atoms with Crippen LogP contribution in [-0.2, 0) is 7.05 Å². The standard InChI is InChI=1S/C10H17N3/c1-8-3-4-9(7-8)12-10-5-6-11-13(10)2/h5-6,8-9,12H,3-4,7H2,1-2H3. The summed E-state index contributed by atoms with van der Waals surface area (Å²) in [4.78, 5) is 0. The molecular formula is C10H17N3. The highest BCUT2D eigenvalue weighted by Crippen LogP contribution is 2.27. The van der Waals surface area contributed by atoms with Crippen molar-refractivity contribution in [2.75, 3.05) is 5.32 Å². The molecule has 0 amide bonds.